The molecule has 1 saturated carbocycles. The van der Waals surface area contributed by atoms with Crippen LogP contribution in [0.4, 0.5) is 0 Å². The molecule has 0 atom stereocenters. The molecule has 3 rings (SSSR count). The molecule has 0 bridgehead atoms. The minimum Gasteiger partial charge on any atom is -0.462 e. The van der Waals surface area contributed by atoms with Gasteiger partial charge in [0.05, 0.1) is 6.16 Å². The van der Waals surface area contributed by atoms with E-state index in [0.29, 0.717) is 6.16 Å². The summed E-state index contributed by atoms with van der Waals surface area (Å²) in [5.41, 5.74) is 0. The molecule has 0 saturated heterocycles. The molecule has 0 aliphatic heterocycles. The highest BCUT2D eigenvalue weighted by atomic mass is 31.1. The fraction of sp³-hybridized carbons (Fsp3) is 0.364. The molecule has 26 heavy (non-hydrogen) atoms. The number of carbonyl (C=O) groups is 1. The van der Waals surface area contributed by atoms with Crippen molar-refractivity contribution in [3.63, 3.8) is 0 Å². The van der Waals surface area contributed by atoms with Gasteiger partial charge in [-0.2, -0.15) is 0 Å². The third-order valence-corrected chi connectivity index (χ3v) is 7.20. The van der Waals surface area contributed by atoms with Gasteiger partial charge in [0.1, 0.15) is 6.10 Å². The minimum atomic E-state index is -0.735. The second kappa shape index (κ2) is 9.64. The zero-order valence-electron chi connectivity index (χ0n) is 15.0. The third-order valence-electron chi connectivity index (χ3n) is 4.68. The molecule has 1 N–H and O–H groups in total. The van der Waals surface area contributed by atoms with Crippen molar-refractivity contribution in [1.82, 2.24) is 0 Å². The first-order valence-corrected chi connectivity index (χ1v) is 10.9. The van der Waals surface area contributed by atoms with Gasteiger partial charge in [-0.15, -0.1) is 0 Å². The average molecular weight is 369 g/mol. The lowest BCUT2D eigenvalue weighted by Gasteiger charge is -2.21. The summed E-state index contributed by atoms with van der Waals surface area (Å²) in [6.45, 7) is 0. The van der Waals surface area contributed by atoms with E-state index in [0.717, 1.165) is 25.7 Å². The second-order valence-corrected chi connectivity index (χ2v) is 8.96. The first-order chi connectivity index (χ1) is 12.7. The Morgan fingerprint density at radius 3 is 2.00 bits per heavy atom. The van der Waals surface area contributed by atoms with E-state index in [2.05, 4.69) is 24.3 Å². The molecule has 136 valence electrons. The first-order valence-electron chi connectivity index (χ1n) is 9.33. The number of esters is 1. The molecular formula is C22H26O3P+. The van der Waals surface area contributed by atoms with Gasteiger partial charge in [0, 0.05) is 0 Å². The molecular weight excluding hydrogens is 343 g/mol. The summed E-state index contributed by atoms with van der Waals surface area (Å²) < 4.78 is 5.54. The highest BCUT2D eigenvalue weighted by Gasteiger charge is 2.26. The Morgan fingerprint density at radius 2 is 1.46 bits per heavy atom. The molecule has 1 fully saturated rings. The Hall–Kier alpha value is -1.99. The number of hydrogen-bond acceptors (Lipinski definition) is 2. The van der Waals surface area contributed by atoms with Crippen LogP contribution in [0.2, 0.25) is 0 Å². The molecule has 2 aromatic rings. The van der Waals surface area contributed by atoms with Gasteiger partial charge in [0.25, 0.3) is 0 Å². The standard InChI is InChI=1S/C22H25O3P/c23-18(16-22(24)25-19-10-4-1-5-11-19)17-26(20-12-6-2-7-13-20)21-14-8-3-9-15-21/h2-3,6-9,12-15,19H,1,4-5,10-11,16-17H2/p+1. The molecule has 0 spiro atoms. The maximum atomic E-state index is 12.2. The lowest BCUT2D eigenvalue weighted by Crippen LogP contribution is -2.25. The van der Waals surface area contributed by atoms with E-state index in [9.17, 15) is 9.59 Å². The van der Waals surface area contributed by atoms with Crippen molar-refractivity contribution in [1.29, 1.82) is 0 Å². The van der Waals surface area contributed by atoms with Crippen LogP contribution < -0.4 is 10.6 Å². The Kier molecular flexibility index (Phi) is 6.96. The van der Waals surface area contributed by atoms with Gasteiger partial charge in [-0.05, 0) is 44.2 Å². The molecule has 3 nitrogen and oxygen atoms in total. The topological polar surface area (TPSA) is 47.7 Å². The lowest BCUT2D eigenvalue weighted by molar-refractivity contribution is -0.149. The lowest BCUT2D eigenvalue weighted by atomic mass is 9.98. The van der Waals surface area contributed by atoms with Crippen LogP contribution in [-0.2, 0) is 9.53 Å². The van der Waals surface area contributed by atoms with Crippen LogP contribution in [0.25, 0.3) is 0 Å². The van der Waals surface area contributed by atoms with Crippen molar-refractivity contribution in [2.75, 3.05) is 6.16 Å². The predicted octanol–water partition coefficient (Wildman–Crippen LogP) is 3.93. The van der Waals surface area contributed by atoms with Crippen molar-refractivity contribution in [3.8, 4) is 0 Å². The quantitative estimate of drug-likeness (QED) is 0.321. The largest absolute Gasteiger partial charge is 0.462 e. The van der Waals surface area contributed by atoms with E-state index in [1.807, 2.05) is 36.4 Å². The van der Waals surface area contributed by atoms with Gasteiger partial charge in [0.15, 0.2) is 6.42 Å². The molecule has 1 aliphatic rings. The molecule has 0 unspecified atom stereocenters. The highest BCUT2D eigenvalue weighted by Crippen LogP contribution is 2.33. The fourth-order valence-corrected chi connectivity index (χ4v) is 5.57. The van der Waals surface area contributed by atoms with Crippen molar-refractivity contribution in [3.05, 3.63) is 60.7 Å². The summed E-state index contributed by atoms with van der Waals surface area (Å²) in [6, 6.07) is 20.4. The summed E-state index contributed by atoms with van der Waals surface area (Å²) >= 11 is 0. The number of carbonyl (C=O) groups excluding carboxylic acids is 2. The Morgan fingerprint density at radius 1 is 0.923 bits per heavy atom. The molecule has 0 heterocycles. The van der Waals surface area contributed by atoms with Gasteiger partial charge >= 0.3 is 11.8 Å². The van der Waals surface area contributed by atoms with Gasteiger partial charge < -0.3 is 4.74 Å². The van der Waals surface area contributed by atoms with Crippen LogP contribution in [0.1, 0.15) is 38.5 Å². The van der Waals surface area contributed by atoms with E-state index in [4.69, 9.17) is 4.74 Å². The minimum absolute atomic E-state index is 0.00496. The maximum Gasteiger partial charge on any atom is 0.319 e. The Balaban J connectivity index is 1.63. The van der Waals surface area contributed by atoms with E-state index in [1.54, 1.807) is 0 Å². The van der Waals surface area contributed by atoms with Crippen LogP contribution in [-0.4, -0.2) is 28.8 Å². The number of benzene rings is 2. The van der Waals surface area contributed by atoms with Crippen molar-refractivity contribution >= 4 is 30.3 Å². The zero-order chi connectivity index (χ0) is 18.2. The number of hydrogen-bond donors (Lipinski definition) is 0. The second-order valence-electron chi connectivity index (χ2n) is 6.75. The molecule has 0 radical (unpaired) electrons. The van der Waals surface area contributed by atoms with Crippen LogP contribution in [0.5, 0.6) is 0 Å². The number of ether oxygens (including phenoxy) is 1. The molecule has 2 aromatic carbocycles. The molecule has 4 heteroatoms. The summed E-state index contributed by atoms with van der Waals surface area (Å²) in [5.74, 6) is -0.0879. The van der Waals surface area contributed by atoms with Gasteiger partial charge in [0.2, 0.25) is 0 Å². The third kappa shape index (κ3) is 5.51. The average Bonchev–Trinajstić information content (AvgIpc) is 2.68. The summed E-state index contributed by atoms with van der Waals surface area (Å²) in [4.78, 5) is 22.7. The van der Waals surface area contributed by atoms with E-state index in [-0.39, 0.29) is 24.3 Å². The summed E-state index contributed by atoms with van der Waals surface area (Å²) in [5, 5.41) is 2.39. The van der Waals surface area contributed by atoms with Gasteiger partial charge in [-0.1, -0.05) is 67.1 Å². The van der Waals surface area contributed by atoms with Crippen LogP contribution in [0.3, 0.4) is 0 Å². The molecule has 0 aromatic heterocycles. The number of rotatable bonds is 7. The Bertz CT molecular complexity index is 669. The predicted molar refractivity (Wildman–Crippen MR) is 108 cm³/mol. The zero-order valence-corrected chi connectivity index (χ0v) is 15.9. The van der Waals surface area contributed by atoms with Crippen molar-refractivity contribution in [2.24, 2.45) is 0 Å². The van der Waals surface area contributed by atoms with Crippen LogP contribution in [0.15, 0.2) is 60.7 Å². The number of ketones is 1. The van der Waals surface area contributed by atoms with Crippen molar-refractivity contribution in [2.45, 2.75) is 44.6 Å². The Labute approximate surface area is 156 Å². The highest BCUT2D eigenvalue weighted by molar-refractivity contribution is 7.73. The first kappa shape index (κ1) is 18.8. The van der Waals surface area contributed by atoms with Crippen molar-refractivity contribution < 1.29 is 14.3 Å². The SMILES string of the molecule is O=C(CC(=[OH+])CP(c1ccccc1)c1ccccc1)OC1CCCCC1. The van der Waals surface area contributed by atoms with E-state index >= 15 is 0 Å². The normalized spacial score (nSPS) is 15.0. The molecule has 1 aliphatic carbocycles. The maximum absolute atomic E-state index is 12.2. The van der Waals surface area contributed by atoms with Crippen LogP contribution in [0, 0.1) is 0 Å². The molecule has 0 amide bonds. The summed E-state index contributed by atoms with van der Waals surface area (Å²) in [6.07, 6.45) is 5.90. The van der Waals surface area contributed by atoms with E-state index in [1.165, 1.54) is 17.0 Å². The smallest absolute Gasteiger partial charge is 0.319 e. The van der Waals surface area contributed by atoms with Crippen LogP contribution >= 0.6 is 7.92 Å². The fourth-order valence-electron chi connectivity index (χ4n) is 3.36. The van der Waals surface area contributed by atoms with Gasteiger partial charge in [-0.25, -0.2) is 0 Å². The van der Waals surface area contributed by atoms with Gasteiger partial charge in [-0.3, -0.25) is 9.59 Å². The summed E-state index contributed by atoms with van der Waals surface area (Å²) in [7, 11) is -0.735. The van der Waals surface area contributed by atoms with E-state index < -0.39 is 7.92 Å². The monoisotopic (exact) mass is 369 g/mol.